The minimum absolute atomic E-state index is 0.960. The van der Waals surface area contributed by atoms with E-state index in [9.17, 15) is 0 Å². The number of anilines is 1. The summed E-state index contributed by atoms with van der Waals surface area (Å²) in [6.07, 6.45) is 3.05. The van der Waals surface area contributed by atoms with E-state index in [0.29, 0.717) is 0 Å². The topological polar surface area (TPSA) is 37.0 Å². The van der Waals surface area contributed by atoms with Crippen molar-refractivity contribution < 1.29 is 0 Å². The highest BCUT2D eigenvalue weighted by molar-refractivity contribution is 7.18. The van der Waals surface area contributed by atoms with E-state index in [4.69, 9.17) is 0 Å². The predicted molar refractivity (Wildman–Crippen MR) is 79.3 cm³/mol. The van der Waals surface area contributed by atoms with Crippen molar-refractivity contribution in [2.45, 2.75) is 13.3 Å². The van der Waals surface area contributed by atoms with Gasteiger partial charge in [0.25, 0.3) is 0 Å². The zero-order chi connectivity index (χ0) is 12.8. The van der Waals surface area contributed by atoms with Crippen LogP contribution in [-0.4, -0.2) is 25.1 Å². The Labute approximate surface area is 112 Å². The van der Waals surface area contributed by atoms with Crippen LogP contribution >= 0.6 is 11.3 Å². The molecule has 0 aliphatic rings. The molecule has 0 aliphatic carbocycles. The molecule has 0 saturated carbocycles. The van der Waals surface area contributed by atoms with Crippen molar-refractivity contribution in [3.63, 3.8) is 0 Å². The maximum Gasteiger partial charge on any atom is 0.183 e. The van der Waals surface area contributed by atoms with Gasteiger partial charge in [-0.2, -0.15) is 0 Å². The molecule has 0 atom stereocenters. The fourth-order valence-electron chi connectivity index (χ4n) is 1.75. The van der Waals surface area contributed by atoms with Crippen LogP contribution in [0.2, 0.25) is 0 Å². The molecule has 0 amide bonds. The van der Waals surface area contributed by atoms with Crippen LogP contribution < -0.4 is 10.6 Å². The first kappa shape index (κ1) is 13.1. The van der Waals surface area contributed by atoms with Crippen LogP contribution in [0.4, 0.5) is 5.13 Å². The van der Waals surface area contributed by atoms with E-state index < -0.39 is 0 Å². The molecule has 1 heterocycles. The van der Waals surface area contributed by atoms with Crippen molar-refractivity contribution in [2.75, 3.05) is 25.5 Å². The number of hydrogen-bond acceptors (Lipinski definition) is 4. The summed E-state index contributed by atoms with van der Waals surface area (Å²) in [7, 11) is 1.97. The smallest absolute Gasteiger partial charge is 0.183 e. The quantitative estimate of drug-likeness (QED) is 0.784. The summed E-state index contributed by atoms with van der Waals surface area (Å²) in [6.45, 7) is 4.10. The molecule has 2 aromatic rings. The Bertz CT molecular complexity index is 493. The highest BCUT2D eigenvalue weighted by Crippen LogP contribution is 2.29. The van der Waals surface area contributed by atoms with Crippen molar-refractivity contribution in [2.24, 2.45) is 0 Å². The number of thiazole rings is 1. The van der Waals surface area contributed by atoms with E-state index in [-0.39, 0.29) is 0 Å². The van der Waals surface area contributed by atoms with Crippen molar-refractivity contribution in [3.05, 3.63) is 36.0 Å². The van der Waals surface area contributed by atoms with Gasteiger partial charge in [0, 0.05) is 12.7 Å². The third kappa shape index (κ3) is 3.55. The first-order valence-corrected chi connectivity index (χ1v) is 7.02. The van der Waals surface area contributed by atoms with Crippen LogP contribution in [0, 0.1) is 6.92 Å². The monoisotopic (exact) mass is 261 g/mol. The zero-order valence-corrected chi connectivity index (χ0v) is 11.7. The molecule has 2 rings (SSSR count). The number of hydrogen-bond donors (Lipinski definition) is 2. The highest BCUT2D eigenvalue weighted by Gasteiger charge is 2.03. The van der Waals surface area contributed by atoms with Gasteiger partial charge in [-0.25, -0.2) is 4.98 Å². The molecule has 0 fully saturated rings. The second-order valence-electron chi connectivity index (χ2n) is 4.28. The van der Waals surface area contributed by atoms with E-state index in [0.717, 1.165) is 24.6 Å². The number of nitrogens with zero attached hydrogens (tertiary/aromatic N) is 1. The predicted octanol–water partition coefficient (Wildman–Crippen LogP) is 3.14. The normalized spacial score (nSPS) is 10.6. The van der Waals surface area contributed by atoms with Crippen LogP contribution in [-0.2, 0) is 0 Å². The molecule has 18 heavy (non-hydrogen) atoms. The third-order valence-corrected chi connectivity index (χ3v) is 3.69. The third-order valence-electron chi connectivity index (χ3n) is 2.69. The molecule has 1 aromatic carbocycles. The SMILES string of the molecule is CNCCCNc1ncc(-c2cccc(C)c2)s1. The summed E-state index contributed by atoms with van der Waals surface area (Å²) in [5, 5.41) is 7.49. The van der Waals surface area contributed by atoms with E-state index in [1.165, 1.54) is 16.0 Å². The summed E-state index contributed by atoms with van der Waals surface area (Å²) in [6, 6.07) is 8.52. The Hall–Kier alpha value is -1.39. The molecule has 1 aromatic heterocycles. The molecule has 0 unspecified atom stereocenters. The first-order chi connectivity index (χ1) is 8.79. The van der Waals surface area contributed by atoms with Gasteiger partial charge in [-0.3, -0.25) is 0 Å². The Kier molecular flexibility index (Phi) is 4.73. The summed E-state index contributed by atoms with van der Waals surface area (Å²) in [5.41, 5.74) is 2.53. The first-order valence-electron chi connectivity index (χ1n) is 6.21. The Morgan fingerprint density at radius 3 is 2.94 bits per heavy atom. The molecule has 3 nitrogen and oxygen atoms in total. The summed E-state index contributed by atoms with van der Waals surface area (Å²) < 4.78 is 0. The van der Waals surface area contributed by atoms with Crippen molar-refractivity contribution in [1.29, 1.82) is 0 Å². The molecular formula is C14H19N3S. The van der Waals surface area contributed by atoms with Gasteiger partial charge in [0.1, 0.15) is 0 Å². The molecule has 4 heteroatoms. The Morgan fingerprint density at radius 1 is 1.28 bits per heavy atom. The van der Waals surface area contributed by atoms with Gasteiger partial charge in [0.15, 0.2) is 5.13 Å². The van der Waals surface area contributed by atoms with E-state index in [1.807, 2.05) is 13.2 Å². The molecule has 0 saturated heterocycles. The molecule has 96 valence electrons. The van der Waals surface area contributed by atoms with Gasteiger partial charge in [-0.05, 0) is 32.5 Å². The minimum atomic E-state index is 0.960. The van der Waals surface area contributed by atoms with Crippen molar-refractivity contribution in [3.8, 4) is 10.4 Å². The van der Waals surface area contributed by atoms with Gasteiger partial charge in [-0.15, -0.1) is 0 Å². The fraction of sp³-hybridized carbons (Fsp3) is 0.357. The molecule has 0 spiro atoms. The Balaban J connectivity index is 1.97. The molecule has 0 aliphatic heterocycles. The summed E-state index contributed by atoms with van der Waals surface area (Å²) in [4.78, 5) is 5.62. The van der Waals surface area contributed by atoms with E-state index >= 15 is 0 Å². The van der Waals surface area contributed by atoms with Crippen LogP contribution in [0.15, 0.2) is 30.5 Å². The van der Waals surface area contributed by atoms with Crippen molar-refractivity contribution in [1.82, 2.24) is 10.3 Å². The lowest BCUT2D eigenvalue weighted by Crippen LogP contribution is -2.12. The van der Waals surface area contributed by atoms with Crippen LogP contribution in [0.3, 0.4) is 0 Å². The average molecular weight is 261 g/mol. The second kappa shape index (κ2) is 6.52. The summed E-state index contributed by atoms with van der Waals surface area (Å²) in [5.74, 6) is 0. The molecule has 0 bridgehead atoms. The standard InChI is InChI=1S/C14H19N3S/c1-11-5-3-6-12(9-11)13-10-17-14(18-13)16-8-4-7-15-2/h3,5-6,9-10,15H,4,7-8H2,1-2H3,(H,16,17). The van der Waals surface area contributed by atoms with E-state index in [2.05, 4.69) is 46.8 Å². The number of nitrogens with one attached hydrogen (secondary N) is 2. The second-order valence-corrected chi connectivity index (χ2v) is 5.31. The molecular weight excluding hydrogens is 242 g/mol. The van der Waals surface area contributed by atoms with Gasteiger partial charge < -0.3 is 10.6 Å². The van der Waals surface area contributed by atoms with Crippen molar-refractivity contribution >= 4 is 16.5 Å². The van der Waals surface area contributed by atoms with Crippen LogP contribution in [0.5, 0.6) is 0 Å². The lowest BCUT2D eigenvalue weighted by Gasteiger charge is -2.01. The number of rotatable bonds is 6. The van der Waals surface area contributed by atoms with E-state index in [1.54, 1.807) is 11.3 Å². The Morgan fingerprint density at radius 2 is 2.17 bits per heavy atom. The van der Waals surface area contributed by atoms with Gasteiger partial charge >= 0.3 is 0 Å². The molecule has 2 N–H and O–H groups in total. The number of aromatic nitrogens is 1. The highest BCUT2D eigenvalue weighted by atomic mass is 32.1. The zero-order valence-electron chi connectivity index (χ0n) is 10.9. The van der Waals surface area contributed by atoms with Crippen LogP contribution in [0.25, 0.3) is 10.4 Å². The lowest BCUT2D eigenvalue weighted by molar-refractivity contribution is 0.748. The maximum absolute atomic E-state index is 4.41. The number of benzene rings is 1. The number of aryl methyl sites for hydroxylation is 1. The largest absolute Gasteiger partial charge is 0.361 e. The summed E-state index contributed by atoms with van der Waals surface area (Å²) >= 11 is 1.71. The van der Waals surface area contributed by atoms with Gasteiger partial charge in [0.05, 0.1) is 4.88 Å². The minimum Gasteiger partial charge on any atom is -0.361 e. The van der Waals surface area contributed by atoms with Crippen LogP contribution in [0.1, 0.15) is 12.0 Å². The maximum atomic E-state index is 4.41. The molecule has 0 radical (unpaired) electrons. The van der Waals surface area contributed by atoms with Gasteiger partial charge in [-0.1, -0.05) is 41.2 Å². The average Bonchev–Trinajstić information content (AvgIpc) is 2.83. The van der Waals surface area contributed by atoms with Gasteiger partial charge in [0.2, 0.25) is 0 Å². The lowest BCUT2D eigenvalue weighted by atomic mass is 10.1. The fourth-order valence-corrected chi connectivity index (χ4v) is 2.59.